The highest BCUT2D eigenvalue weighted by atomic mass is 19.1. The summed E-state index contributed by atoms with van der Waals surface area (Å²) in [7, 11) is 2.04. The molecule has 1 N–H and O–H groups in total. The normalized spacial score (nSPS) is 24.1. The summed E-state index contributed by atoms with van der Waals surface area (Å²) in [4.78, 5) is 16.3. The molecule has 1 aromatic rings. The zero-order valence-electron chi connectivity index (χ0n) is 14.1. The Morgan fingerprint density at radius 1 is 1.33 bits per heavy atom. The summed E-state index contributed by atoms with van der Waals surface area (Å²) >= 11 is 0. The first-order valence-corrected chi connectivity index (χ1v) is 8.49. The second-order valence-electron chi connectivity index (χ2n) is 7.18. The van der Waals surface area contributed by atoms with Crippen molar-refractivity contribution in [3.63, 3.8) is 0 Å². The lowest BCUT2D eigenvalue weighted by atomic mass is 9.72. The number of ether oxygens (including phenoxy) is 1. The molecule has 2 saturated heterocycles. The summed E-state index contributed by atoms with van der Waals surface area (Å²) in [5, 5.41) is 10.0. The third-order valence-corrected chi connectivity index (χ3v) is 5.15. The molecule has 0 aromatic heterocycles. The average molecular weight is 336 g/mol. The maximum atomic E-state index is 12.9. The molecule has 24 heavy (non-hydrogen) atoms. The minimum Gasteiger partial charge on any atom is -0.484 e. The fraction of sp³-hybridized carbons (Fsp3) is 0.611. The molecule has 1 unspecified atom stereocenters. The van der Waals surface area contributed by atoms with Crippen molar-refractivity contribution in [1.82, 2.24) is 9.80 Å². The molecule has 0 radical (unpaired) electrons. The van der Waals surface area contributed by atoms with Crippen LogP contribution in [0.5, 0.6) is 5.75 Å². The molecule has 0 saturated carbocycles. The van der Waals surface area contributed by atoms with Crippen LogP contribution in [0, 0.1) is 11.2 Å². The van der Waals surface area contributed by atoms with Crippen molar-refractivity contribution in [2.75, 3.05) is 39.8 Å². The zero-order chi connectivity index (χ0) is 17.2. The van der Waals surface area contributed by atoms with Gasteiger partial charge in [0.2, 0.25) is 0 Å². The molecule has 2 aliphatic heterocycles. The zero-order valence-corrected chi connectivity index (χ0v) is 14.1. The van der Waals surface area contributed by atoms with E-state index in [1.807, 2.05) is 11.9 Å². The maximum absolute atomic E-state index is 12.9. The van der Waals surface area contributed by atoms with Crippen molar-refractivity contribution in [3.05, 3.63) is 30.1 Å². The minimum atomic E-state index is -0.324. The van der Waals surface area contributed by atoms with Gasteiger partial charge in [0.15, 0.2) is 6.61 Å². The number of likely N-dealkylation sites (N-methyl/N-ethyl adjacent to an activating group) is 1. The number of aliphatic hydroxyl groups excluding tert-OH is 1. The Balaban J connectivity index is 1.49. The summed E-state index contributed by atoms with van der Waals surface area (Å²) in [6.07, 6.45) is 2.38. The highest BCUT2D eigenvalue weighted by molar-refractivity contribution is 5.77. The Kier molecular flexibility index (Phi) is 5.06. The van der Waals surface area contributed by atoms with Crippen LogP contribution in [-0.4, -0.2) is 66.8 Å². The first-order chi connectivity index (χ1) is 11.5. The van der Waals surface area contributed by atoms with Crippen LogP contribution >= 0.6 is 0 Å². The predicted molar refractivity (Wildman–Crippen MR) is 88.3 cm³/mol. The number of rotatable bonds is 3. The molecular weight excluding hydrogens is 311 g/mol. The summed E-state index contributed by atoms with van der Waals surface area (Å²) in [5.74, 6) is 0.129. The monoisotopic (exact) mass is 336 g/mol. The molecule has 1 atom stereocenters. The highest BCUT2D eigenvalue weighted by Crippen LogP contribution is 2.39. The molecule has 3 rings (SSSR count). The van der Waals surface area contributed by atoms with Gasteiger partial charge in [-0.25, -0.2) is 4.39 Å². The van der Waals surface area contributed by atoms with Crippen molar-refractivity contribution in [1.29, 1.82) is 0 Å². The molecule has 0 bridgehead atoms. The summed E-state index contributed by atoms with van der Waals surface area (Å²) in [6, 6.07) is 5.67. The Labute approximate surface area is 142 Å². The van der Waals surface area contributed by atoms with Gasteiger partial charge < -0.3 is 19.6 Å². The van der Waals surface area contributed by atoms with Crippen LogP contribution < -0.4 is 4.74 Å². The fourth-order valence-electron chi connectivity index (χ4n) is 3.99. The molecule has 6 heteroatoms. The van der Waals surface area contributed by atoms with Crippen LogP contribution in [0.2, 0.25) is 0 Å². The SMILES string of the molecule is CN1CC(O)CC2(CCN(C(=O)COc3ccc(F)cc3)CC2)C1. The number of halogens is 1. The van der Waals surface area contributed by atoms with E-state index in [2.05, 4.69) is 4.90 Å². The van der Waals surface area contributed by atoms with Crippen molar-refractivity contribution >= 4 is 5.91 Å². The van der Waals surface area contributed by atoms with Crippen LogP contribution in [0.15, 0.2) is 24.3 Å². The number of carbonyl (C=O) groups is 1. The molecule has 2 aliphatic rings. The number of hydrogen-bond donors (Lipinski definition) is 1. The maximum Gasteiger partial charge on any atom is 0.260 e. The lowest BCUT2D eigenvalue weighted by Crippen LogP contribution is -2.53. The quantitative estimate of drug-likeness (QED) is 0.909. The topological polar surface area (TPSA) is 53.0 Å². The number of likely N-dealkylation sites (tertiary alicyclic amines) is 2. The summed E-state index contributed by atoms with van der Waals surface area (Å²) in [6.45, 7) is 3.09. The predicted octanol–water partition coefficient (Wildman–Crippen LogP) is 1.51. The number of carbonyl (C=O) groups excluding carboxylic acids is 1. The number of β-amino-alcohol motifs (C(OH)–C–C–N with tert-alkyl or cyclic N) is 1. The van der Waals surface area contributed by atoms with Crippen LogP contribution in [0.3, 0.4) is 0 Å². The number of nitrogens with zero attached hydrogens (tertiary/aromatic N) is 2. The van der Waals surface area contributed by atoms with Gasteiger partial charge in [0.25, 0.3) is 5.91 Å². The van der Waals surface area contributed by atoms with Gasteiger partial charge in [0.05, 0.1) is 6.10 Å². The second-order valence-corrected chi connectivity index (χ2v) is 7.18. The van der Waals surface area contributed by atoms with Gasteiger partial charge in [-0.2, -0.15) is 0 Å². The van der Waals surface area contributed by atoms with Crippen molar-refractivity contribution < 1.29 is 19.0 Å². The highest BCUT2D eigenvalue weighted by Gasteiger charge is 2.41. The van der Waals surface area contributed by atoms with Gasteiger partial charge in [0, 0.05) is 26.2 Å². The van der Waals surface area contributed by atoms with Crippen LogP contribution in [0.4, 0.5) is 4.39 Å². The van der Waals surface area contributed by atoms with E-state index in [0.29, 0.717) is 18.8 Å². The van der Waals surface area contributed by atoms with Gasteiger partial charge in [-0.15, -0.1) is 0 Å². The van der Waals surface area contributed by atoms with Crippen molar-refractivity contribution in [2.45, 2.75) is 25.4 Å². The molecule has 132 valence electrons. The molecule has 2 fully saturated rings. The van der Waals surface area contributed by atoms with E-state index in [0.717, 1.165) is 32.4 Å². The van der Waals surface area contributed by atoms with Crippen molar-refractivity contribution in [2.24, 2.45) is 5.41 Å². The Morgan fingerprint density at radius 2 is 2.00 bits per heavy atom. The lowest BCUT2D eigenvalue weighted by Gasteiger charge is -2.48. The number of hydrogen-bond acceptors (Lipinski definition) is 4. The van der Waals surface area contributed by atoms with E-state index in [-0.39, 0.29) is 29.9 Å². The van der Waals surface area contributed by atoms with E-state index < -0.39 is 0 Å². The molecule has 2 heterocycles. The van der Waals surface area contributed by atoms with Gasteiger partial charge in [0.1, 0.15) is 11.6 Å². The van der Waals surface area contributed by atoms with E-state index in [1.54, 1.807) is 0 Å². The van der Waals surface area contributed by atoms with Gasteiger partial charge in [-0.3, -0.25) is 4.79 Å². The molecule has 1 amide bonds. The number of piperidine rings is 2. The summed E-state index contributed by atoms with van der Waals surface area (Å²) < 4.78 is 18.3. The minimum absolute atomic E-state index is 0.0266. The first kappa shape index (κ1) is 17.2. The van der Waals surface area contributed by atoms with E-state index in [4.69, 9.17) is 4.74 Å². The molecule has 1 aromatic carbocycles. The molecule has 0 aliphatic carbocycles. The smallest absolute Gasteiger partial charge is 0.260 e. The third-order valence-electron chi connectivity index (χ3n) is 5.15. The molecular formula is C18H25FN2O3. The number of aliphatic hydroxyl groups is 1. The van der Waals surface area contributed by atoms with Gasteiger partial charge >= 0.3 is 0 Å². The first-order valence-electron chi connectivity index (χ1n) is 8.49. The van der Waals surface area contributed by atoms with Crippen LogP contribution in [-0.2, 0) is 4.79 Å². The third kappa shape index (κ3) is 4.05. The van der Waals surface area contributed by atoms with Crippen LogP contribution in [0.25, 0.3) is 0 Å². The largest absolute Gasteiger partial charge is 0.484 e. The Hall–Kier alpha value is -1.66. The number of amides is 1. The second kappa shape index (κ2) is 7.07. The van der Waals surface area contributed by atoms with E-state index >= 15 is 0 Å². The lowest BCUT2D eigenvalue weighted by molar-refractivity contribution is -0.137. The Bertz CT molecular complexity index is 558. The Morgan fingerprint density at radius 3 is 2.62 bits per heavy atom. The van der Waals surface area contributed by atoms with Gasteiger partial charge in [-0.1, -0.05) is 0 Å². The van der Waals surface area contributed by atoms with E-state index in [1.165, 1.54) is 24.3 Å². The van der Waals surface area contributed by atoms with Crippen molar-refractivity contribution in [3.8, 4) is 5.75 Å². The average Bonchev–Trinajstić information content (AvgIpc) is 2.53. The van der Waals surface area contributed by atoms with Gasteiger partial charge in [-0.05, 0) is 56.0 Å². The van der Waals surface area contributed by atoms with Crippen LogP contribution in [0.1, 0.15) is 19.3 Å². The fourth-order valence-corrected chi connectivity index (χ4v) is 3.99. The summed E-state index contributed by atoms with van der Waals surface area (Å²) in [5.41, 5.74) is 0.126. The standard InChI is InChI=1S/C18H25FN2O3/c1-20-11-15(22)10-18(13-20)6-8-21(9-7-18)17(23)12-24-16-4-2-14(19)3-5-16/h2-5,15,22H,6-13H2,1H3. The molecule has 1 spiro atoms. The van der Waals surface area contributed by atoms with E-state index in [9.17, 15) is 14.3 Å². The molecule has 5 nitrogen and oxygen atoms in total. The number of benzene rings is 1.